The first-order valence-electron chi connectivity index (χ1n) is 8.44. The zero-order valence-electron chi connectivity index (χ0n) is 15.4. The fourth-order valence-electron chi connectivity index (χ4n) is 2.73. The SMILES string of the molecule is CC(C)(C)NC(=O)[C@@H]1CSCN1C(=O)[C@@H](O)[C@@H]([NH3+])Cc1ccccc1.[Cl-]. The Morgan fingerprint density at radius 2 is 1.96 bits per heavy atom. The van der Waals surface area contributed by atoms with E-state index < -0.39 is 24.1 Å². The van der Waals surface area contributed by atoms with E-state index in [2.05, 4.69) is 11.1 Å². The topological polar surface area (TPSA) is 97.3 Å². The van der Waals surface area contributed by atoms with Gasteiger partial charge < -0.3 is 33.5 Å². The average molecular weight is 402 g/mol. The van der Waals surface area contributed by atoms with Crippen LogP contribution < -0.4 is 23.5 Å². The average Bonchev–Trinajstić information content (AvgIpc) is 3.02. The first-order valence-corrected chi connectivity index (χ1v) is 9.60. The van der Waals surface area contributed by atoms with Gasteiger partial charge in [0, 0.05) is 17.7 Å². The molecule has 0 spiro atoms. The first-order chi connectivity index (χ1) is 11.7. The third kappa shape index (κ3) is 6.16. The maximum Gasteiger partial charge on any atom is 0.259 e. The summed E-state index contributed by atoms with van der Waals surface area (Å²) in [6, 6.07) is 8.63. The number of halogens is 1. The second-order valence-electron chi connectivity index (χ2n) is 7.46. The maximum atomic E-state index is 12.7. The second kappa shape index (κ2) is 9.60. The molecule has 0 bridgehead atoms. The summed E-state index contributed by atoms with van der Waals surface area (Å²) < 4.78 is 0. The van der Waals surface area contributed by atoms with Crippen molar-refractivity contribution in [1.29, 1.82) is 0 Å². The summed E-state index contributed by atoms with van der Waals surface area (Å²) in [6.45, 7) is 5.71. The van der Waals surface area contributed by atoms with E-state index in [9.17, 15) is 14.7 Å². The lowest BCUT2D eigenvalue weighted by Gasteiger charge is -2.29. The fourth-order valence-corrected chi connectivity index (χ4v) is 3.89. The molecule has 0 radical (unpaired) electrons. The van der Waals surface area contributed by atoms with Crippen molar-refractivity contribution in [2.75, 3.05) is 11.6 Å². The number of hydrogen-bond donors (Lipinski definition) is 3. The highest BCUT2D eigenvalue weighted by Gasteiger charge is 2.40. The van der Waals surface area contributed by atoms with Crippen LogP contribution in [0.1, 0.15) is 26.3 Å². The number of carbonyl (C=O) groups is 2. The largest absolute Gasteiger partial charge is 1.00 e. The molecule has 2 rings (SSSR count). The van der Waals surface area contributed by atoms with Crippen LogP contribution in [0.2, 0.25) is 0 Å². The lowest BCUT2D eigenvalue weighted by atomic mass is 10.0. The zero-order valence-corrected chi connectivity index (χ0v) is 17.0. The van der Waals surface area contributed by atoms with E-state index in [-0.39, 0.29) is 23.9 Å². The minimum atomic E-state index is -1.22. The molecule has 3 atom stereocenters. The number of nitrogens with one attached hydrogen (secondary N) is 1. The molecule has 26 heavy (non-hydrogen) atoms. The van der Waals surface area contributed by atoms with E-state index >= 15 is 0 Å². The van der Waals surface area contributed by atoms with Gasteiger partial charge in [-0.2, -0.15) is 0 Å². The van der Waals surface area contributed by atoms with E-state index in [0.717, 1.165) is 5.56 Å². The molecule has 0 unspecified atom stereocenters. The van der Waals surface area contributed by atoms with Crippen molar-refractivity contribution in [2.24, 2.45) is 0 Å². The van der Waals surface area contributed by atoms with Gasteiger partial charge in [0.05, 0.1) is 5.88 Å². The van der Waals surface area contributed by atoms with Crippen molar-refractivity contribution in [3.8, 4) is 0 Å². The molecule has 5 N–H and O–H groups in total. The van der Waals surface area contributed by atoms with Gasteiger partial charge >= 0.3 is 0 Å². The molecule has 0 saturated carbocycles. The molecule has 1 aliphatic rings. The van der Waals surface area contributed by atoms with E-state index in [4.69, 9.17) is 0 Å². The number of nitrogens with zero attached hydrogens (tertiary/aromatic N) is 1. The Balaban J connectivity index is 0.00000338. The first kappa shape index (κ1) is 22.8. The smallest absolute Gasteiger partial charge is 0.259 e. The molecule has 1 aliphatic heterocycles. The van der Waals surface area contributed by atoms with Crippen LogP contribution in [0, 0.1) is 0 Å². The minimum absolute atomic E-state index is 0. The molecule has 1 saturated heterocycles. The van der Waals surface area contributed by atoms with Gasteiger partial charge in [0.15, 0.2) is 6.10 Å². The van der Waals surface area contributed by atoms with Crippen LogP contribution >= 0.6 is 11.8 Å². The number of aliphatic hydroxyl groups is 1. The number of rotatable bonds is 5. The molecule has 1 heterocycles. The third-order valence-electron chi connectivity index (χ3n) is 4.01. The van der Waals surface area contributed by atoms with Crippen LogP contribution in [0.4, 0.5) is 0 Å². The molecule has 6 nitrogen and oxygen atoms in total. The Hall–Kier alpha value is -1.28. The summed E-state index contributed by atoms with van der Waals surface area (Å²) in [6.07, 6.45) is -0.711. The highest BCUT2D eigenvalue weighted by Crippen LogP contribution is 2.23. The Bertz CT molecular complexity index is 609. The molecule has 0 aromatic heterocycles. The van der Waals surface area contributed by atoms with Crippen molar-refractivity contribution in [3.05, 3.63) is 35.9 Å². The lowest BCUT2D eigenvalue weighted by Crippen LogP contribution is -3.00. The van der Waals surface area contributed by atoms with E-state index in [1.54, 1.807) is 0 Å². The minimum Gasteiger partial charge on any atom is -1.00 e. The predicted molar refractivity (Wildman–Crippen MR) is 98.7 cm³/mol. The van der Waals surface area contributed by atoms with Gasteiger partial charge in [0.2, 0.25) is 5.91 Å². The molecule has 1 aromatic carbocycles. The second-order valence-corrected chi connectivity index (χ2v) is 8.46. The third-order valence-corrected chi connectivity index (χ3v) is 5.02. The van der Waals surface area contributed by atoms with Crippen LogP contribution in [0.25, 0.3) is 0 Å². The van der Waals surface area contributed by atoms with Crippen LogP contribution in [0.5, 0.6) is 0 Å². The highest BCUT2D eigenvalue weighted by molar-refractivity contribution is 7.99. The molecule has 8 heteroatoms. The summed E-state index contributed by atoms with van der Waals surface area (Å²) in [7, 11) is 0. The van der Waals surface area contributed by atoms with Gasteiger partial charge in [0.1, 0.15) is 12.1 Å². The predicted octanol–water partition coefficient (Wildman–Crippen LogP) is -2.98. The van der Waals surface area contributed by atoms with Crippen molar-refractivity contribution in [1.82, 2.24) is 10.2 Å². The van der Waals surface area contributed by atoms with Gasteiger partial charge in [-0.05, 0) is 26.3 Å². The van der Waals surface area contributed by atoms with Crippen molar-refractivity contribution in [3.63, 3.8) is 0 Å². The standard InChI is InChI=1S/C18H27N3O3S.ClH/c1-18(2,3)20-16(23)14-10-25-11-21(14)17(24)15(22)13(19)9-12-7-5-4-6-8-12;/h4-8,13-15,22H,9-11,19H2,1-3H3,(H,20,23);1H/t13-,14-,15-;/m0./s1. The summed E-state index contributed by atoms with van der Waals surface area (Å²) in [5.74, 6) is 0.355. The summed E-state index contributed by atoms with van der Waals surface area (Å²) in [4.78, 5) is 26.6. The number of carbonyl (C=O) groups excluding carboxylic acids is 2. The number of aliphatic hydroxyl groups excluding tert-OH is 1. The van der Waals surface area contributed by atoms with E-state index in [1.807, 2.05) is 51.1 Å². The normalized spacial score (nSPS) is 19.4. The van der Waals surface area contributed by atoms with Crippen LogP contribution in [-0.2, 0) is 16.0 Å². The van der Waals surface area contributed by atoms with E-state index in [1.165, 1.54) is 16.7 Å². The molecular formula is C18H28ClN3O3S. The number of amides is 2. The summed E-state index contributed by atoms with van der Waals surface area (Å²) in [5.41, 5.74) is 4.61. The molecule has 1 fully saturated rings. The summed E-state index contributed by atoms with van der Waals surface area (Å²) in [5, 5.41) is 13.4. The number of hydrogen-bond acceptors (Lipinski definition) is 4. The fraction of sp³-hybridized carbons (Fsp3) is 0.556. The lowest BCUT2D eigenvalue weighted by molar-refractivity contribution is -0.433. The Morgan fingerprint density at radius 3 is 2.54 bits per heavy atom. The molecular weight excluding hydrogens is 374 g/mol. The molecule has 0 aliphatic carbocycles. The van der Waals surface area contributed by atoms with Crippen molar-refractivity contribution in [2.45, 2.75) is 50.9 Å². The highest BCUT2D eigenvalue weighted by atomic mass is 35.5. The monoisotopic (exact) mass is 401 g/mol. The maximum absolute atomic E-state index is 12.7. The van der Waals surface area contributed by atoms with Crippen LogP contribution in [0.15, 0.2) is 30.3 Å². The Labute approximate surface area is 165 Å². The van der Waals surface area contributed by atoms with Crippen LogP contribution in [0.3, 0.4) is 0 Å². The van der Waals surface area contributed by atoms with Gasteiger partial charge in [-0.3, -0.25) is 9.59 Å². The number of quaternary nitrogens is 1. The van der Waals surface area contributed by atoms with Crippen molar-refractivity contribution >= 4 is 23.6 Å². The zero-order chi connectivity index (χ0) is 18.6. The van der Waals surface area contributed by atoms with Gasteiger partial charge in [0.25, 0.3) is 5.91 Å². The number of benzene rings is 1. The Kier molecular flexibility index (Phi) is 8.40. The van der Waals surface area contributed by atoms with Crippen molar-refractivity contribution < 1.29 is 32.8 Å². The van der Waals surface area contributed by atoms with Gasteiger partial charge in [-0.25, -0.2) is 0 Å². The van der Waals surface area contributed by atoms with Crippen LogP contribution in [-0.4, -0.2) is 57.2 Å². The number of thioether (sulfide) groups is 1. The molecule has 1 aromatic rings. The van der Waals surface area contributed by atoms with E-state index in [0.29, 0.717) is 18.1 Å². The molecule has 2 amide bonds. The Morgan fingerprint density at radius 1 is 1.35 bits per heavy atom. The molecule has 146 valence electrons. The van der Waals surface area contributed by atoms with Gasteiger partial charge in [-0.15, -0.1) is 11.8 Å². The summed E-state index contributed by atoms with van der Waals surface area (Å²) >= 11 is 1.52. The quantitative estimate of drug-likeness (QED) is 0.490. The van der Waals surface area contributed by atoms with Gasteiger partial charge in [-0.1, -0.05) is 30.3 Å².